The Bertz CT molecular complexity index is 699. The van der Waals surface area contributed by atoms with Crippen molar-refractivity contribution in [3.8, 4) is 5.75 Å². The summed E-state index contributed by atoms with van der Waals surface area (Å²) in [6, 6.07) is 13.9. The SMILES string of the molecule is CCOc1ccccc1NC(=O)[C@@H]1Cc2ccc(C)cc2S1. The summed E-state index contributed by atoms with van der Waals surface area (Å²) in [4.78, 5) is 13.8. The number of benzene rings is 2. The molecule has 0 spiro atoms. The van der Waals surface area contributed by atoms with Gasteiger partial charge in [0.1, 0.15) is 5.75 Å². The molecule has 114 valence electrons. The number of hydrogen-bond donors (Lipinski definition) is 1. The van der Waals surface area contributed by atoms with Crippen LogP contribution < -0.4 is 10.1 Å². The van der Waals surface area contributed by atoms with E-state index in [2.05, 4.69) is 30.4 Å². The lowest BCUT2D eigenvalue weighted by atomic mass is 10.1. The molecule has 0 aliphatic carbocycles. The van der Waals surface area contributed by atoms with Crippen molar-refractivity contribution in [2.75, 3.05) is 11.9 Å². The normalized spacial score (nSPS) is 16.2. The van der Waals surface area contributed by atoms with Crippen LogP contribution >= 0.6 is 11.8 Å². The molecule has 0 saturated heterocycles. The van der Waals surface area contributed by atoms with Crippen LogP contribution in [-0.2, 0) is 11.2 Å². The Morgan fingerprint density at radius 1 is 1.32 bits per heavy atom. The summed E-state index contributed by atoms with van der Waals surface area (Å²) < 4.78 is 5.56. The fourth-order valence-electron chi connectivity index (χ4n) is 2.55. The Hall–Kier alpha value is -1.94. The number of hydrogen-bond acceptors (Lipinski definition) is 3. The molecule has 2 aromatic rings. The first kappa shape index (κ1) is 15.0. The number of aryl methyl sites for hydroxylation is 1. The van der Waals surface area contributed by atoms with E-state index in [4.69, 9.17) is 4.74 Å². The molecule has 4 heteroatoms. The smallest absolute Gasteiger partial charge is 0.238 e. The molecule has 3 nitrogen and oxygen atoms in total. The van der Waals surface area contributed by atoms with Gasteiger partial charge in [-0.05, 0) is 44.0 Å². The van der Waals surface area contributed by atoms with Crippen molar-refractivity contribution in [2.24, 2.45) is 0 Å². The highest BCUT2D eigenvalue weighted by Crippen LogP contribution is 2.38. The maximum atomic E-state index is 12.5. The van der Waals surface area contributed by atoms with Crippen LogP contribution in [0.25, 0.3) is 0 Å². The van der Waals surface area contributed by atoms with E-state index in [1.165, 1.54) is 16.0 Å². The fraction of sp³-hybridized carbons (Fsp3) is 0.278. The summed E-state index contributed by atoms with van der Waals surface area (Å²) in [7, 11) is 0. The number of nitrogens with one attached hydrogen (secondary N) is 1. The van der Waals surface area contributed by atoms with E-state index in [1.807, 2.05) is 31.2 Å². The Balaban J connectivity index is 1.72. The molecule has 1 aliphatic heterocycles. The Morgan fingerprint density at radius 2 is 2.14 bits per heavy atom. The van der Waals surface area contributed by atoms with E-state index in [1.54, 1.807) is 11.8 Å². The first-order valence-electron chi connectivity index (χ1n) is 7.46. The zero-order chi connectivity index (χ0) is 15.5. The van der Waals surface area contributed by atoms with Crippen molar-refractivity contribution < 1.29 is 9.53 Å². The molecule has 2 aromatic carbocycles. The van der Waals surface area contributed by atoms with Crippen molar-refractivity contribution in [1.29, 1.82) is 0 Å². The van der Waals surface area contributed by atoms with Crippen LogP contribution in [0, 0.1) is 6.92 Å². The third-order valence-corrected chi connectivity index (χ3v) is 4.93. The molecule has 0 aromatic heterocycles. The zero-order valence-corrected chi connectivity index (χ0v) is 13.6. The first-order valence-corrected chi connectivity index (χ1v) is 8.34. The van der Waals surface area contributed by atoms with Crippen LogP contribution in [0.4, 0.5) is 5.69 Å². The summed E-state index contributed by atoms with van der Waals surface area (Å²) in [5.41, 5.74) is 3.23. The maximum Gasteiger partial charge on any atom is 0.238 e. The molecule has 0 fully saturated rings. The number of ether oxygens (including phenoxy) is 1. The number of fused-ring (bicyclic) bond motifs is 1. The van der Waals surface area contributed by atoms with Crippen molar-refractivity contribution in [1.82, 2.24) is 0 Å². The second-order valence-corrected chi connectivity index (χ2v) is 6.58. The summed E-state index contributed by atoms with van der Waals surface area (Å²) >= 11 is 1.64. The van der Waals surface area contributed by atoms with Gasteiger partial charge in [-0.15, -0.1) is 11.8 Å². The summed E-state index contributed by atoms with van der Waals surface area (Å²) in [5.74, 6) is 0.751. The van der Waals surface area contributed by atoms with Crippen molar-refractivity contribution in [2.45, 2.75) is 30.4 Å². The Morgan fingerprint density at radius 3 is 2.95 bits per heavy atom. The lowest BCUT2D eigenvalue weighted by Crippen LogP contribution is -2.24. The minimum absolute atomic E-state index is 0.0333. The number of amides is 1. The number of carbonyl (C=O) groups excluding carboxylic acids is 1. The molecule has 1 N–H and O–H groups in total. The summed E-state index contributed by atoms with van der Waals surface area (Å²) in [5, 5.41) is 2.92. The monoisotopic (exact) mass is 313 g/mol. The lowest BCUT2D eigenvalue weighted by Gasteiger charge is -2.13. The fourth-order valence-corrected chi connectivity index (χ4v) is 3.84. The highest BCUT2D eigenvalue weighted by Gasteiger charge is 2.28. The number of rotatable bonds is 4. The second kappa shape index (κ2) is 6.44. The van der Waals surface area contributed by atoms with Gasteiger partial charge in [0, 0.05) is 4.90 Å². The predicted octanol–water partition coefficient (Wildman–Crippen LogP) is 4.05. The van der Waals surface area contributed by atoms with Gasteiger partial charge in [0.05, 0.1) is 17.5 Å². The van der Waals surface area contributed by atoms with E-state index in [-0.39, 0.29) is 11.2 Å². The van der Waals surface area contributed by atoms with Gasteiger partial charge in [0.2, 0.25) is 5.91 Å². The van der Waals surface area contributed by atoms with E-state index in [9.17, 15) is 4.79 Å². The van der Waals surface area contributed by atoms with Crippen LogP contribution in [0.3, 0.4) is 0 Å². The van der Waals surface area contributed by atoms with Gasteiger partial charge in [0.15, 0.2) is 0 Å². The molecule has 0 bridgehead atoms. The van der Waals surface area contributed by atoms with Gasteiger partial charge < -0.3 is 10.1 Å². The van der Waals surface area contributed by atoms with Crippen LogP contribution in [0.1, 0.15) is 18.1 Å². The third kappa shape index (κ3) is 3.12. The number of thioether (sulfide) groups is 1. The minimum atomic E-state index is -0.0773. The topological polar surface area (TPSA) is 38.3 Å². The standard InChI is InChI=1S/C18H19NO2S/c1-3-21-15-7-5-4-6-14(15)19-18(20)17-11-13-9-8-12(2)10-16(13)22-17/h4-10,17H,3,11H2,1-2H3,(H,19,20)/t17-/m0/s1. The third-order valence-electron chi connectivity index (χ3n) is 3.63. The van der Waals surface area contributed by atoms with Crippen LogP contribution in [-0.4, -0.2) is 17.8 Å². The van der Waals surface area contributed by atoms with Crippen LogP contribution in [0.2, 0.25) is 0 Å². The molecule has 1 heterocycles. The van der Waals surface area contributed by atoms with Crippen molar-refractivity contribution in [3.63, 3.8) is 0 Å². The Kier molecular flexibility index (Phi) is 4.39. The van der Waals surface area contributed by atoms with Crippen molar-refractivity contribution in [3.05, 3.63) is 53.6 Å². The highest BCUT2D eigenvalue weighted by atomic mass is 32.2. The molecule has 1 amide bonds. The predicted molar refractivity (Wildman–Crippen MR) is 90.8 cm³/mol. The molecule has 0 unspecified atom stereocenters. The van der Waals surface area contributed by atoms with Gasteiger partial charge in [-0.25, -0.2) is 0 Å². The van der Waals surface area contributed by atoms with E-state index in [0.29, 0.717) is 6.61 Å². The van der Waals surface area contributed by atoms with Crippen molar-refractivity contribution >= 4 is 23.4 Å². The number of carbonyl (C=O) groups is 1. The quantitative estimate of drug-likeness (QED) is 0.925. The molecule has 0 saturated carbocycles. The largest absolute Gasteiger partial charge is 0.492 e. The van der Waals surface area contributed by atoms with Gasteiger partial charge >= 0.3 is 0 Å². The van der Waals surface area contributed by atoms with Gasteiger partial charge in [-0.3, -0.25) is 4.79 Å². The first-order chi connectivity index (χ1) is 10.7. The van der Waals surface area contributed by atoms with E-state index < -0.39 is 0 Å². The van der Waals surface area contributed by atoms with Crippen LogP contribution in [0.5, 0.6) is 5.75 Å². The highest BCUT2D eigenvalue weighted by molar-refractivity contribution is 8.01. The second-order valence-electron chi connectivity index (χ2n) is 5.34. The number of para-hydroxylation sites is 2. The maximum absolute atomic E-state index is 12.5. The molecule has 3 rings (SSSR count). The lowest BCUT2D eigenvalue weighted by molar-refractivity contribution is -0.115. The molecule has 22 heavy (non-hydrogen) atoms. The zero-order valence-electron chi connectivity index (χ0n) is 12.8. The van der Waals surface area contributed by atoms with E-state index in [0.717, 1.165) is 17.9 Å². The minimum Gasteiger partial charge on any atom is -0.492 e. The Labute approximate surface area is 135 Å². The van der Waals surface area contributed by atoms with Crippen LogP contribution in [0.15, 0.2) is 47.4 Å². The summed E-state index contributed by atoms with van der Waals surface area (Å²) in [6.45, 7) is 4.59. The van der Waals surface area contributed by atoms with E-state index >= 15 is 0 Å². The molecular formula is C18H19NO2S. The molecule has 1 atom stereocenters. The average Bonchev–Trinajstić information content (AvgIpc) is 2.92. The van der Waals surface area contributed by atoms with Gasteiger partial charge in [-0.1, -0.05) is 29.8 Å². The molecular weight excluding hydrogens is 294 g/mol. The van der Waals surface area contributed by atoms with Gasteiger partial charge in [0.25, 0.3) is 0 Å². The number of anilines is 1. The molecule has 1 aliphatic rings. The summed E-state index contributed by atoms with van der Waals surface area (Å²) in [6.07, 6.45) is 0.781. The molecule has 0 radical (unpaired) electrons. The van der Waals surface area contributed by atoms with Gasteiger partial charge in [-0.2, -0.15) is 0 Å². The average molecular weight is 313 g/mol.